The molecule has 2 fully saturated rings. The molecule has 1 aliphatic heterocycles. The van der Waals surface area contributed by atoms with Crippen molar-refractivity contribution in [3.8, 4) is 0 Å². The van der Waals surface area contributed by atoms with E-state index in [0.29, 0.717) is 17.0 Å². The Labute approximate surface area is 116 Å². The van der Waals surface area contributed by atoms with Crippen LogP contribution in [-0.2, 0) is 0 Å². The second-order valence-electron chi connectivity index (χ2n) is 5.27. The Balaban J connectivity index is 1.45. The van der Waals surface area contributed by atoms with Gasteiger partial charge in [0.05, 0.1) is 16.8 Å². The summed E-state index contributed by atoms with van der Waals surface area (Å²) in [5.41, 5.74) is 1.15. The van der Waals surface area contributed by atoms with Crippen LogP contribution in [0, 0.1) is 0 Å². The Hall–Kier alpha value is -1.62. The van der Waals surface area contributed by atoms with Gasteiger partial charge in [-0.3, -0.25) is 0 Å². The van der Waals surface area contributed by atoms with Gasteiger partial charge in [-0.2, -0.15) is 0 Å². The maximum atomic E-state index is 6.14. The Morgan fingerprint density at radius 1 is 1.26 bits per heavy atom. The molecule has 0 radical (unpaired) electrons. The van der Waals surface area contributed by atoms with Gasteiger partial charge in [0.15, 0.2) is 0 Å². The molecule has 1 saturated carbocycles. The van der Waals surface area contributed by atoms with Gasteiger partial charge in [0.2, 0.25) is 0 Å². The summed E-state index contributed by atoms with van der Waals surface area (Å²) < 4.78 is 1.99. The third-order valence-corrected chi connectivity index (χ3v) is 4.09. The van der Waals surface area contributed by atoms with Crippen LogP contribution in [0.3, 0.4) is 0 Å². The van der Waals surface area contributed by atoms with Crippen molar-refractivity contribution in [1.29, 1.82) is 0 Å². The molecule has 2 aromatic heterocycles. The fourth-order valence-electron chi connectivity index (χ4n) is 2.44. The van der Waals surface area contributed by atoms with Crippen LogP contribution < -0.4 is 4.90 Å². The van der Waals surface area contributed by atoms with Gasteiger partial charge in [0.1, 0.15) is 5.82 Å². The molecule has 2 aliphatic rings. The first kappa shape index (κ1) is 11.2. The lowest BCUT2D eigenvalue weighted by Gasteiger charge is -2.40. The average Bonchev–Trinajstić information content (AvgIpc) is 3.10. The highest BCUT2D eigenvalue weighted by Crippen LogP contribution is 2.39. The van der Waals surface area contributed by atoms with Gasteiger partial charge >= 0.3 is 0 Å². The summed E-state index contributed by atoms with van der Waals surface area (Å²) in [7, 11) is 0. The summed E-state index contributed by atoms with van der Waals surface area (Å²) in [4.78, 5) is 6.49. The number of pyridine rings is 1. The average molecular weight is 276 g/mol. The first-order valence-corrected chi connectivity index (χ1v) is 6.96. The Morgan fingerprint density at radius 3 is 2.84 bits per heavy atom. The minimum absolute atomic E-state index is 0.387. The molecule has 0 aromatic carbocycles. The lowest BCUT2D eigenvalue weighted by molar-refractivity contribution is 0.359. The normalized spacial score (nSPS) is 19.5. The quantitative estimate of drug-likeness (QED) is 0.862. The molecule has 3 heterocycles. The van der Waals surface area contributed by atoms with Crippen molar-refractivity contribution >= 4 is 17.4 Å². The van der Waals surface area contributed by atoms with Gasteiger partial charge in [-0.05, 0) is 25.0 Å². The molecular weight excluding hydrogens is 262 g/mol. The summed E-state index contributed by atoms with van der Waals surface area (Å²) in [5, 5.41) is 9.19. The summed E-state index contributed by atoms with van der Waals surface area (Å²) in [6.45, 7) is 1.79. The minimum Gasteiger partial charge on any atom is -0.351 e. The molecule has 0 bridgehead atoms. The van der Waals surface area contributed by atoms with E-state index in [0.717, 1.165) is 24.6 Å². The molecule has 0 spiro atoms. The lowest BCUT2D eigenvalue weighted by atomic mass is 10.1. The number of anilines is 1. The number of rotatable bonds is 3. The zero-order valence-corrected chi connectivity index (χ0v) is 11.2. The van der Waals surface area contributed by atoms with E-state index in [1.807, 2.05) is 16.8 Å². The van der Waals surface area contributed by atoms with E-state index in [9.17, 15) is 0 Å². The molecule has 6 heteroatoms. The van der Waals surface area contributed by atoms with Crippen LogP contribution in [0.4, 0.5) is 5.82 Å². The molecule has 0 amide bonds. The molecule has 1 saturated heterocycles. The maximum absolute atomic E-state index is 6.14. The minimum atomic E-state index is 0.387. The Morgan fingerprint density at radius 2 is 2.11 bits per heavy atom. The first-order valence-electron chi connectivity index (χ1n) is 6.58. The van der Waals surface area contributed by atoms with Crippen molar-refractivity contribution in [3.05, 3.63) is 35.2 Å². The van der Waals surface area contributed by atoms with E-state index in [1.54, 1.807) is 6.20 Å². The van der Waals surface area contributed by atoms with Gasteiger partial charge in [0.25, 0.3) is 0 Å². The fourth-order valence-corrected chi connectivity index (χ4v) is 2.68. The van der Waals surface area contributed by atoms with E-state index in [-0.39, 0.29) is 0 Å². The van der Waals surface area contributed by atoms with Crippen LogP contribution in [-0.4, -0.2) is 33.1 Å². The molecule has 0 atom stereocenters. The third kappa shape index (κ3) is 1.98. The van der Waals surface area contributed by atoms with Crippen LogP contribution in [0.1, 0.15) is 30.5 Å². The predicted octanol–water partition coefficient (Wildman–Crippen LogP) is 2.27. The number of hydrogen-bond donors (Lipinski definition) is 0. The van der Waals surface area contributed by atoms with Crippen molar-refractivity contribution < 1.29 is 0 Å². The molecule has 19 heavy (non-hydrogen) atoms. The number of aromatic nitrogens is 4. The number of hydrogen-bond acceptors (Lipinski definition) is 4. The van der Waals surface area contributed by atoms with E-state index in [2.05, 4.69) is 26.4 Å². The van der Waals surface area contributed by atoms with Crippen molar-refractivity contribution in [2.75, 3.05) is 18.0 Å². The second kappa shape index (κ2) is 4.20. The lowest BCUT2D eigenvalue weighted by Crippen LogP contribution is -2.48. The van der Waals surface area contributed by atoms with Crippen molar-refractivity contribution in [3.63, 3.8) is 0 Å². The van der Waals surface area contributed by atoms with Gasteiger partial charge in [-0.25, -0.2) is 9.67 Å². The summed E-state index contributed by atoms with van der Waals surface area (Å²) in [5.74, 6) is 1.53. The van der Waals surface area contributed by atoms with Gasteiger partial charge in [-0.15, -0.1) is 5.10 Å². The van der Waals surface area contributed by atoms with Crippen LogP contribution in [0.25, 0.3) is 0 Å². The number of nitrogens with zero attached hydrogens (tertiary/aromatic N) is 5. The summed E-state index contributed by atoms with van der Waals surface area (Å²) in [6, 6.07) is 4.11. The third-order valence-electron chi connectivity index (χ3n) is 3.80. The SMILES string of the molecule is Clc1cccnc1N1CC(n2cc(C3CC3)nn2)C1. The largest absolute Gasteiger partial charge is 0.351 e. The van der Waals surface area contributed by atoms with E-state index in [4.69, 9.17) is 11.6 Å². The van der Waals surface area contributed by atoms with Crippen LogP contribution in [0.2, 0.25) is 5.02 Å². The molecule has 5 nitrogen and oxygen atoms in total. The maximum Gasteiger partial charge on any atom is 0.147 e. The molecule has 98 valence electrons. The molecular formula is C13H14ClN5. The molecule has 4 rings (SSSR count). The van der Waals surface area contributed by atoms with Crippen LogP contribution in [0.5, 0.6) is 0 Å². The highest BCUT2D eigenvalue weighted by Gasteiger charge is 2.33. The summed E-state index contributed by atoms with van der Waals surface area (Å²) in [6.07, 6.45) is 6.40. The van der Waals surface area contributed by atoms with E-state index in [1.165, 1.54) is 12.8 Å². The van der Waals surface area contributed by atoms with E-state index < -0.39 is 0 Å². The standard InChI is InChI=1S/C13H14ClN5/c14-11-2-1-5-15-13(11)18-6-10(7-18)19-8-12(16-17-19)9-3-4-9/h1-2,5,8-10H,3-4,6-7H2. The first-order chi connectivity index (χ1) is 9.31. The second-order valence-corrected chi connectivity index (χ2v) is 5.67. The van der Waals surface area contributed by atoms with Crippen molar-refractivity contribution in [1.82, 2.24) is 20.0 Å². The predicted molar refractivity (Wildman–Crippen MR) is 72.5 cm³/mol. The van der Waals surface area contributed by atoms with Gasteiger partial charge in [0, 0.05) is 31.4 Å². The van der Waals surface area contributed by atoms with Crippen molar-refractivity contribution in [2.45, 2.75) is 24.8 Å². The molecule has 1 aliphatic carbocycles. The number of halogens is 1. The van der Waals surface area contributed by atoms with Gasteiger partial charge < -0.3 is 4.90 Å². The van der Waals surface area contributed by atoms with E-state index >= 15 is 0 Å². The van der Waals surface area contributed by atoms with Crippen LogP contribution in [0.15, 0.2) is 24.5 Å². The Bertz CT molecular complexity index is 601. The summed E-state index contributed by atoms with van der Waals surface area (Å²) >= 11 is 6.14. The zero-order chi connectivity index (χ0) is 12.8. The monoisotopic (exact) mass is 275 g/mol. The molecule has 0 unspecified atom stereocenters. The highest BCUT2D eigenvalue weighted by molar-refractivity contribution is 6.32. The fraction of sp³-hybridized carbons (Fsp3) is 0.462. The zero-order valence-electron chi connectivity index (χ0n) is 10.4. The topological polar surface area (TPSA) is 46.8 Å². The van der Waals surface area contributed by atoms with Crippen molar-refractivity contribution in [2.24, 2.45) is 0 Å². The molecule has 2 aromatic rings. The Kier molecular flexibility index (Phi) is 2.48. The van der Waals surface area contributed by atoms with Gasteiger partial charge in [-0.1, -0.05) is 16.8 Å². The smallest absolute Gasteiger partial charge is 0.147 e. The highest BCUT2D eigenvalue weighted by atomic mass is 35.5. The molecule has 0 N–H and O–H groups in total. The van der Waals surface area contributed by atoms with Crippen LogP contribution >= 0.6 is 11.6 Å².